The van der Waals surface area contributed by atoms with E-state index < -0.39 is 8.32 Å². The van der Waals surface area contributed by atoms with Crippen LogP contribution in [-0.4, -0.2) is 39.3 Å². The number of hydrogen-bond donors (Lipinski definition) is 1. The Bertz CT molecular complexity index is 971. The molecule has 6 atom stereocenters. The lowest BCUT2D eigenvalue weighted by Gasteiger charge is -2.54. The van der Waals surface area contributed by atoms with Crippen molar-refractivity contribution in [1.29, 1.82) is 0 Å². The highest BCUT2D eigenvalue weighted by molar-refractivity contribution is 6.74. The Morgan fingerprint density at radius 2 is 1.97 bits per heavy atom. The fraction of sp³-hybridized carbons (Fsp3) is 0.793. The van der Waals surface area contributed by atoms with E-state index in [1.807, 2.05) is 12.1 Å². The van der Waals surface area contributed by atoms with Crippen LogP contribution in [0.5, 0.6) is 5.75 Å². The molecule has 4 rings (SSSR count). The van der Waals surface area contributed by atoms with Gasteiger partial charge >= 0.3 is 0 Å². The Morgan fingerprint density at radius 1 is 1.19 bits per heavy atom. The summed E-state index contributed by atoms with van der Waals surface area (Å²) in [7, 11) is -1.83. The first-order valence-corrected chi connectivity index (χ1v) is 17.0. The highest BCUT2D eigenvalue weighted by Crippen LogP contribution is 2.64. The summed E-state index contributed by atoms with van der Waals surface area (Å²) in [6.45, 7) is 16.0. The molecule has 3 aliphatic carbocycles. The lowest BCUT2D eigenvalue weighted by Crippen LogP contribution is -2.51. The number of nitrogens with zero attached hydrogens (tertiary/aromatic N) is 3. The molecule has 3 aliphatic rings. The summed E-state index contributed by atoms with van der Waals surface area (Å²) >= 11 is 0. The third kappa shape index (κ3) is 5.36. The van der Waals surface area contributed by atoms with Gasteiger partial charge in [0.2, 0.25) is 0 Å². The van der Waals surface area contributed by atoms with Crippen LogP contribution in [0.3, 0.4) is 0 Å². The van der Waals surface area contributed by atoms with Gasteiger partial charge in [-0.2, -0.15) is 0 Å². The SMILES string of the molecule is CC(C)(C)[Si](C)(C)O[C@H]1CC[C@H]2[C@@H]3[C@H](CCCOCCN=[N+]=[N-])Cc4cc(O)ccc4[C@H]3CC[C@]12C. The maximum Gasteiger partial charge on any atom is 0.192 e. The van der Waals surface area contributed by atoms with Crippen molar-refractivity contribution in [2.45, 2.75) is 103 Å². The second-order valence-corrected chi connectivity index (χ2v) is 18.1. The van der Waals surface area contributed by atoms with Crippen LogP contribution >= 0.6 is 0 Å². The monoisotopic (exact) mass is 513 g/mol. The molecule has 1 aromatic rings. The highest BCUT2D eigenvalue weighted by Gasteiger charge is 2.58. The molecule has 1 N–H and O–H groups in total. The van der Waals surface area contributed by atoms with Gasteiger partial charge in [0.25, 0.3) is 0 Å². The Labute approximate surface area is 218 Å². The van der Waals surface area contributed by atoms with Crippen molar-refractivity contribution >= 4 is 8.32 Å². The van der Waals surface area contributed by atoms with Crippen LogP contribution in [0.25, 0.3) is 10.4 Å². The van der Waals surface area contributed by atoms with Crippen LogP contribution in [0, 0.1) is 23.2 Å². The molecule has 6 nitrogen and oxygen atoms in total. The zero-order chi connectivity index (χ0) is 26.1. The van der Waals surface area contributed by atoms with E-state index in [9.17, 15) is 5.11 Å². The first-order valence-electron chi connectivity index (χ1n) is 14.1. The molecule has 0 bridgehead atoms. The van der Waals surface area contributed by atoms with Gasteiger partial charge in [0.1, 0.15) is 5.75 Å². The average Bonchev–Trinajstić information content (AvgIpc) is 3.12. The summed E-state index contributed by atoms with van der Waals surface area (Å²) in [5, 5.41) is 14.0. The number of azide groups is 1. The molecule has 36 heavy (non-hydrogen) atoms. The first kappa shape index (κ1) is 27.5. The number of aromatic hydroxyl groups is 1. The van der Waals surface area contributed by atoms with Crippen LogP contribution in [0.2, 0.25) is 18.1 Å². The smallest absolute Gasteiger partial charge is 0.192 e. The molecule has 0 saturated heterocycles. The van der Waals surface area contributed by atoms with E-state index in [-0.39, 0.29) is 10.5 Å². The third-order valence-electron chi connectivity index (χ3n) is 10.3. The number of rotatable bonds is 9. The van der Waals surface area contributed by atoms with Gasteiger partial charge in [-0.05, 0) is 121 Å². The van der Waals surface area contributed by atoms with E-state index in [4.69, 9.17) is 14.7 Å². The molecule has 1 aromatic carbocycles. The van der Waals surface area contributed by atoms with Gasteiger partial charge in [-0.15, -0.1) is 0 Å². The molecule has 0 aliphatic heterocycles. The topological polar surface area (TPSA) is 87.5 Å². The zero-order valence-corrected chi connectivity index (χ0v) is 24.3. The van der Waals surface area contributed by atoms with Crippen LogP contribution in [-0.2, 0) is 15.6 Å². The lowest BCUT2D eigenvalue weighted by atomic mass is 9.52. The number of ether oxygens (including phenoxy) is 1. The zero-order valence-electron chi connectivity index (χ0n) is 23.3. The van der Waals surface area contributed by atoms with Gasteiger partial charge in [0.05, 0.1) is 12.7 Å². The van der Waals surface area contributed by atoms with Gasteiger partial charge in [-0.1, -0.05) is 38.9 Å². The number of phenolic OH excluding ortho intramolecular Hbond substituents is 1. The van der Waals surface area contributed by atoms with Crippen LogP contribution in [0.1, 0.15) is 83.3 Å². The normalized spacial score (nSPS) is 31.8. The van der Waals surface area contributed by atoms with E-state index >= 15 is 0 Å². The van der Waals surface area contributed by atoms with Gasteiger partial charge in [0, 0.05) is 18.1 Å². The van der Waals surface area contributed by atoms with Crippen LogP contribution in [0.4, 0.5) is 0 Å². The largest absolute Gasteiger partial charge is 0.508 e. The number of phenols is 1. The third-order valence-corrected chi connectivity index (χ3v) is 14.8. The van der Waals surface area contributed by atoms with Crippen molar-refractivity contribution in [3.63, 3.8) is 0 Å². The molecule has 0 amide bonds. The van der Waals surface area contributed by atoms with Crippen molar-refractivity contribution in [2.75, 3.05) is 19.8 Å². The molecule has 0 heterocycles. The molecule has 2 fully saturated rings. The Hall–Kier alpha value is -1.53. The maximum absolute atomic E-state index is 10.2. The molecule has 2 saturated carbocycles. The molecule has 0 radical (unpaired) electrons. The van der Waals surface area contributed by atoms with E-state index in [1.54, 1.807) is 0 Å². The summed E-state index contributed by atoms with van der Waals surface area (Å²) < 4.78 is 12.9. The average molecular weight is 514 g/mol. The molecule has 0 spiro atoms. The van der Waals surface area contributed by atoms with Gasteiger partial charge in [-0.3, -0.25) is 0 Å². The summed E-state index contributed by atoms with van der Waals surface area (Å²) in [5.74, 6) is 2.91. The lowest BCUT2D eigenvalue weighted by molar-refractivity contribution is -0.0353. The van der Waals surface area contributed by atoms with E-state index in [2.05, 4.69) is 56.9 Å². The Kier molecular flexibility index (Phi) is 8.16. The van der Waals surface area contributed by atoms with Gasteiger partial charge in [-0.25, -0.2) is 0 Å². The van der Waals surface area contributed by atoms with Crippen molar-refractivity contribution in [3.8, 4) is 5.75 Å². The summed E-state index contributed by atoms with van der Waals surface area (Å²) in [6, 6.07) is 6.11. The van der Waals surface area contributed by atoms with Gasteiger partial charge < -0.3 is 14.3 Å². The van der Waals surface area contributed by atoms with E-state index in [0.717, 1.165) is 19.3 Å². The fourth-order valence-corrected chi connectivity index (χ4v) is 8.89. The molecule has 0 aromatic heterocycles. The standard InChI is InChI=1S/C29H47N3O3Si/c1-28(2,3)36(5,6)35-26-12-11-25-27-20(8-7-16-34-17-15-31-32-30)18-21-19-22(33)9-10-23(21)24(27)13-14-29(25,26)4/h9-10,19-20,24-27,33H,7-8,11-18H2,1-6H3/t20-,24-,25+,26+,27-,29+/m1/s1. The second kappa shape index (κ2) is 10.7. The number of benzene rings is 1. The molecule has 0 unspecified atom stereocenters. The fourth-order valence-electron chi connectivity index (χ4n) is 7.44. The summed E-state index contributed by atoms with van der Waals surface area (Å²) in [4.78, 5) is 2.80. The predicted octanol–water partition coefficient (Wildman–Crippen LogP) is 7.97. The Morgan fingerprint density at radius 3 is 2.69 bits per heavy atom. The summed E-state index contributed by atoms with van der Waals surface area (Å²) in [6.07, 6.45) is 8.47. The van der Waals surface area contributed by atoms with Crippen molar-refractivity contribution < 1.29 is 14.3 Å². The quantitative estimate of drug-likeness (QED) is 0.119. The van der Waals surface area contributed by atoms with Crippen LogP contribution in [0.15, 0.2) is 23.3 Å². The van der Waals surface area contributed by atoms with Crippen LogP contribution < -0.4 is 0 Å². The molecule has 7 heteroatoms. The minimum absolute atomic E-state index is 0.228. The maximum atomic E-state index is 10.2. The second-order valence-electron chi connectivity index (χ2n) is 13.3. The van der Waals surface area contributed by atoms with Crippen molar-refractivity contribution in [1.82, 2.24) is 0 Å². The van der Waals surface area contributed by atoms with Crippen molar-refractivity contribution in [2.24, 2.45) is 28.3 Å². The van der Waals surface area contributed by atoms with E-state index in [0.29, 0.717) is 55.3 Å². The first-order chi connectivity index (χ1) is 17.0. The summed E-state index contributed by atoms with van der Waals surface area (Å²) in [5.41, 5.74) is 11.5. The van der Waals surface area contributed by atoms with E-state index in [1.165, 1.54) is 36.8 Å². The van der Waals surface area contributed by atoms with Gasteiger partial charge in [0.15, 0.2) is 8.32 Å². The molecular formula is C29H47N3O3Si. The minimum Gasteiger partial charge on any atom is -0.508 e. The predicted molar refractivity (Wildman–Crippen MR) is 148 cm³/mol. The van der Waals surface area contributed by atoms with Crippen molar-refractivity contribution in [3.05, 3.63) is 39.8 Å². The number of fused-ring (bicyclic) bond motifs is 5. The minimum atomic E-state index is -1.83. The molecule has 200 valence electrons. The molecular weight excluding hydrogens is 466 g/mol. The number of hydrogen-bond acceptors (Lipinski definition) is 4. The Balaban J connectivity index is 1.54. The highest BCUT2D eigenvalue weighted by atomic mass is 28.4.